The van der Waals surface area contributed by atoms with Crippen LogP contribution in [0.15, 0.2) is 23.1 Å². The molecule has 0 aliphatic heterocycles. The molecule has 0 amide bonds. The molecule has 0 bridgehead atoms. The van der Waals surface area contributed by atoms with Crippen molar-refractivity contribution in [1.29, 1.82) is 0 Å². The van der Waals surface area contributed by atoms with Crippen molar-refractivity contribution in [2.45, 2.75) is 11.0 Å². The first-order valence-electron chi connectivity index (χ1n) is 4.20. The van der Waals surface area contributed by atoms with Gasteiger partial charge in [-0.3, -0.25) is 0 Å². The molecule has 0 saturated heterocycles. The highest BCUT2D eigenvalue weighted by atomic mass is 32.2. The summed E-state index contributed by atoms with van der Waals surface area (Å²) in [4.78, 5) is 11.3. The van der Waals surface area contributed by atoms with E-state index in [4.69, 9.17) is 0 Å². The highest BCUT2D eigenvalue weighted by Gasteiger charge is 2.22. The van der Waals surface area contributed by atoms with E-state index in [1.54, 1.807) is 6.26 Å². The minimum atomic E-state index is -1.44. The average molecular weight is 230 g/mol. The lowest BCUT2D eigenvalue weighted by Crippen LogP contribution is -2.14. The topological polar surface area (TPSA) is 46.5 Å². The molecule has 0 aromatic heterocycles. The van der Waals surface area contributed by atoms with Crippen molar-refractivity contribution in [3.8, 4) is 0 Å². The molecule has 5 heteroatoms. The molecular weight excluding hydrogens is 219 g/mol. The number of aliphatic hydroxyl groups is 1. The number of halogens is 1. The number of hydrogen-bond acceptors (Lipinski definition) is 4. The second kappa shape index (κ2) is 5.14. The molecule has 0 radical (unpaired) electrons. The quantitative estimate of drug-likeness (QED) is 0.635. The van der Waals surface area contributed by atoms with Crippen molar-refractivity contribution in [3.05, 3.63) is 29.6 Å². The van der Waals surface area contributed by atoms with Crippen molar-refractivity contribution < 1.29 is 19.0 Å². The van der Waals surface area contributed by atoms with Gasteiger partial charge in [-0.2, -0.15) is 0 Å². The molecule has 0 aliphatic carbocycles. The third-order valence-electron chi connectivity index (χ3n) is 1.92. The van der Waals surface area contributed by atoms with Crippen LogP contribution in [0.2, 0.25) is 0 Å². The molecule has 1 N–H and O–H groups in total. The minimum Gasteiger partial charge on any atom is -0.467 e. The van der Waals surface area contributed by atoms with Crippen LogP contribution < -0.4 is 0 Å². The van der Waals surface area contributed by atoms with Crippen LogP contribution in [0.1, 0.15) is 11.7 Å². The molecule has 1 aromatic carbocycles. The highest BCUT2D eigenvalue weighted by molar-refractivity contribution is 7.98. The van der Waals surface area contributed by atoms with Crippen molar-refractivity contribution >= 4 is 17.7 Å². The molecule has 0 aliphatic rings. The zero-order chi connectivity index (χ0) is 11.4. The molecule has 15 heavy (non-hydrogen) atoms. The molecule has 0 heterocycles. The number of aliphatic hydroxyl groups excluding tert-OH is 1. The standard InChI is InChI=1S/C10H11FO3S/c1-14-10(13)8(12)6-4-3-5-7(11)9(6)15-2/h3-5,8,12H,1-2H3. The smallest absolute Gasteiger partial charge is 0.339 e. The Labute approximate surface area is 91.2 Å². The van der Waals surface area contributed by atoms with E-state index >= 15 is 0 Å². The van der Waals surface area contributed by atoms with Gasteiger partial charge in [-0.1, -0.05) is 12.1 Å². The van der Waals surface area contributed by atoms with Crippen LogP contribution >= 0.6 is 11.8 Å². The molecular formula is C10H11FO3S. The van der Waals surface area contributed by atoms with Gasteiger partial charge in [0.25, 0.3) is 0 Å². The lowest BCUT2D eigenvalue weighted by atomic mass is 10.1. The van der Waals surface area contributed by atoms with Gasteiger partial charge in [0.15, 0.2) is 6.10 Å². The second-order valence-corrected chi connectivity index (χ2v) is 3.60. The van der Waals surface area contributed by atoms with Gasteiger partial charge in [-0.15, -0.1) is 11.8 Å². The summed E-state index contributed by atoms with van der Waals surface area (Å²) in [5, 5.41) is 9.57. The number of thioether (sulfide) groups is 1. The Morgan fingerprint density at radius 3 is 2.80 bits per heavy atom. The summed E-state index contributed by atoms with van der Waals surface area (Å²) in [5.41, 5.74) is 0.231. The average Bonchev–Trinajstić information content (AvgIpc) is 2.26. The Bertz CT molecular complexity index is 368. The van der Waals surface area contributed by atoms with E-state index < -0.39 is 17.9 Å². The molecule has 3 nitrogen and oxygen atoms in total. The number of carbonyl (C=O) groups excluding carboxylic acids is 1. The fourth-order valence-electron chi connectivity index (χ4n) is 1.19. The van der Waals surface area contributed by atoms with Gasteiger partial charge in [0.05, 0.1) is 7.11 Å². The summed E-state index contributed by atoms with van der Waals surface area (Å²) in [7, 11) is 1.17. The van der Waals surface area contributed by atoms with Crippen molar-refractivity contribution in [1.82, 2.24) is 0 Å². The van der Waals surface area contributed by atoms with E-state index in [9.17, 15) is 14.3 Å². The van der Waals surface area contributed by atoms with Crippen molar-refractivity contribution in [3.63, 3.8) is 0 Å². The molecule has 1 aromatic rings. The van der Waals surface area contributed by atoms with E-state index in [0.717, 1.165) is 11.8 Å². The summed E-state index contributed by atoms with van der Waals surface area (Å²) in [5.74, 6) is -1.25. The van der Waals surface area contributed by atoms with E-state index in [1.807, 2.05) is 0 Å². The van der Waals surface area contributed by atoms with Crippen molar-refractivity contribution in [2.24, 2.45) is 0 Å². The number of esters is 1. The Balaban J connectivity index is 3.13. The van der Waals surface area contributed by atoms with Crippen LogP contribution in [-0.4, -0.2) is 24.4 Å². The van der Waals surface area contributed by atoms with Gasteiger partial charge in [-0.25, -0.2) is 9.18 Å². The number of carbonyl (C=O) groups is 1. The minimum absolute atomic E-state index is 0.231. The summed E-state index contributed by atoms with van der Waals surface area (Å²) < 4.78 is 17.7. The summed E-state index contributed by atoms with van der Waals surface area (Å²) in [6.45, 7) is 0. The zero-order valence-electron chi connectivity index (χ0n) is 8.36. The Morgan fingerprint density at radius 2 is 2.27 bits per heavy atom. The van der Waals surface area contributed by atoms with Crippen LogP contribution in [0.3, 0.4) is 0 Å². The Kier molecular flexibility index (Phi) is 4.11. The van der Waals surface area contributed by atoms with E-state index in [2.05, 4.69) is 4.74 Å². The number of hydrogen-bond donors (Lipinski definition) is 1. The molecule has 0 saturated carbocycles. The maximum Gasteiger partial charge on any atom is 0.339 e. The van der Waals surface area contributed by atoms with E-state index in [1.165, 1.54) is 25.3 Å². The van der Waals surface area contributed by atoms with Gasteiger partial charge in [-0.05, 0) is 12.3 Å². The molecule has 82 valence electrons. The normalized spacial score (nSPS) is 12.3. The van der Waals surface area contributed by atoms with Crippen LogP contribution in [-0.2, 0) is 9.53 Å². The molecule has 1 atom stereocenters. The summed E-state index contributed by atoms with van der Waals surface area (Å²) >= 11 is 1.14. The predicted octanol–water partition coefficient (Wildman–Crippen LogP) is 1.75. The molecule has 0 fully saturated rings. The van der Waals surface area contributed by atoms with Gasteiger partial charge in [0.1, 0.15) is 5.82 Å². The first-order valence-corrected chi connectivity index (χ1v) is 5.42. The third-order valence-corrected chi connectivity index (χ3v) is 2.76. The SMILES string of the molecule is COC(=O)C(O)c1cccc(F)c1SC. The number of rotatable bonds is 3. The van der Waals surface area contributed by atoms with Gasteiger partial charge < -0.3 is 9.84 Å². The molecule has 1 rings (SSSR count). The second-order valence-electron chi connectivity index (χ2n) is 2.79. The predicted molar refractivity (Wildman–Crippen MR) is 55.2 cm³/mol. The van der Waals surface area contributed by atoms with Crippen LogP contribution in [0.5, 0.6) is 0 Å². The highest BCUT2D eigenvalue weighted by Crippen LogP contribution is 2.29. The van der Waals surface area contributed by atoms with Crippen LogP contribution in [0.25, 0.3) is 0 Å². The maximum absolute atomic E-state index is 13.3. The van der Waals surface area contributed by atoms with Gasteiger partial charge >= 0.3 is 5.97 Å². The maximum atomic E-state index is 13.3. The number of methoxy groups -OCH3 is 1. The number of ether oxygens (including phenoxy) is 1. The zero-order valence-corrected chi connectivity index (χ0v) is 9.18. The Hall–Kier alpha value is -1.07. The monoisotopic (exact) mass is 230 g/mol. The molecule has 1 unspecified atom stereocenters. The van der Waals surface area contributed by atoms with Gasteiger partial charge in [0, 0.05) is 10.5 Å². The lowest BCUT2D eigenvalue weighted by molar-refractivity contribution is -0.150. The Morgan fingerprint density at radius 1 is 1.60 bits per heavy atom. The first kappa shape index (κ1) is 12.0. The summed E-state index contributed by atoms with van der Waals surface area (Å²) in [6, 6.07) is 4.21. The van der Waals surface area contributed by atoms with E-state index in [-0.39, 0.29) is 10.5 Å². The fourth-order valence-corrected chi connectivity index (χ4v) is 1.87. The molecule has 0 spiro atoms. The first-order chi connectivity index (χ1) is 7.11. The fraction of sp³-hybridized carbons (Fsp3) is 0.300. The van der Waals surface area contributed by atoms with Gasteiger partial charge in [0.2, 0.25) is 0 Å². The number of benzene rings is 1. The third kappa shape index (κ3) is 2.49. The largest absolute Gasteiger partial charge is 0.467 e. The van der Waals surface area contributed by atoms with Crippen LogP contribution in [0, 0.1) is 5.82 Å². The van der Waals surface area contributed by atoms with E-state index in [0.29, 0.717) is 0 Å². The van der Waals surface area contributed by atoms with Crippen molar-refractivity contribution in [2.75, 3.05) is 13.4 Å². The summed E-state index contributed by atoms with van der Waals surface area (Å²) in [6.07, 6.45) is 0.236. The lowest BCUT2D eigenvalue weighted by Gasteiger charge is -2.12. The van der Waals surface area contributed by atoms with Crippen LogP contribution in [0.4, 0.5) is 4.39 Å².